The van der Waals surface area contributed by atoms with Gasteiger partial charge in [0.25, 0.3) is 17.5 Å². The monoisotopic (exact) mass is 667 g/mol. The van der Waals surface area contributed by atoms with Crippen LogP contribution in [0.1, 0.15) is 29.8 Å². The van der Waals surface area contributed by atoms with Gasteiger partial charge in [0.05, 0.1) is 27.0 Å². The van der Waals surface area contributed by atoms with Crippen LogP contribution in [-0.4, -0.2) is 39.5 Å². The molecule has 0 aliphatic heterocycles. The van der Waals surface area contributed by atoms with E-state index in [-0.39, 0.29) is 17.3 Å². The molecule has 0 aliphatic rings. The van der Waals surface area contributed by atoms with Gasteiger partial charge >= 0.3 is 0 Å². The first-order valence-corrected chi connectivity index (χ1v) is 16.1. The van der Waals surface area contributed by atoms with E-state index < -0.39 is 22.0 Å². The number of carbonyl (C=O) groups is 3. The van der Waals surface area contributed by atoms with Gasteiger partial charge in [-0.3, -0.25) is 24.5 Å². The molecular weight excluding hydrogens is 639 g/mol. The maximum atomic E-state index is 13.3. The van der Waals surface area contributed by atoms with Gasteiger partial charge in [0, 0.05) is 28.3 Å². The highest BCUT2D eigenvalue weighted by Gasteiger charge is 2.18. The topological polar surface area (TPSA) is 153 Å². The molecule has 13 heteroatoms. The number of hydrogen-bond donors (Lipinski definition) is 3. The van der Waals surface area contributed by atoms with Gasteiger partial charge < -0.3 is 20.7 Å². The molecule has 5 rings (SSSR count). The summed E-state index contributed by atoms with van der Waals surface area (Å²) in [6, 6.07) is 26.6. The van der Waals surface area contributed by atoms with Gasteiger partial charge in [-0.2, -0.15) is 0 Å². The van der Waals surface area contributed by atoms with Crippen LogP contribution in [0, 0.1) is 10.1 Å². The summed E-state index contributed by atoms with van der Waals surface area (Å²) in [5.41, 5.74) is 1.92. The average Bonchev–Trinajstić information content (AvgIpc) is 3.47. The van der Waals surface area contributed by atoms with E-state index in [1.165, 1.54) is 53.4 Å². The minimum Gasteiger partial charge on any atom is -0.494 e. The molecule has 47 heavy (non-hydrogen) atoms. The number of fused-ring (bicyclic) bond motifs is 1. The summed E-state index contributed by atoms with van der Waals surface area (Å²) in [5.74, 6) is -0.538. The summed E-state index contributed by atoms with van der Waals surface area (Å²) in [4.78, 5) is 54.9. The Morgan fingerprint density at radius 3 is 2.38 bits per heavy atom. The highest BCUT2D eigenvalue weighted by Crippen LogP contribution is 2.31. The first kappa shape index (κ1) is 32.9. The molecule has 3 N–H and O–H groups in total. The molecule has 0 spiro atoms. The second kappa shape index (κ2) is 15.2. The summed E-state index contributed by atoms with van der Waals surface area (Å²) >= 11 is 2.72. The number of thiazole rings is 1. The van der Waals surface area contributed by atoms with Gasteiger partial charge in [-0.05, 0) is 92.2 Å². The Hall–Kier alpha value is -5.53. The minimum atomic E-state index is -0.593. The van der Waals surface area contributed by atoms with Crippen molar-refractivity contribution in [3.8, 4) is 5.75 Å². The molecule has 3 amide bonds. The predicted octanol–water partition coefficient (Wildman–Crippen LogP) is 7.13. The lowest BCUT2D eigenvalue weighted by Gasteiger charge is -2.13. The van der Waals surface area contributed by atoms with E-state index >= 15 is 0 Å². The van der Waals surface area contributed by atoms with Crippen LogP contribution in [0.5, 0.6) is 5.75 Å². The molecule has 0 saturated heterocycles. The van der Waals surface area contributed by atoms with Crippen molar-refractivity contribution in [2.75, 3.05) is 17.2 Å². The second-order valence-corrected chi connectivity index (χ2v) is 12.5. The van der Waals surface area contributed by atoms with Crippen molar-refractivity contribution in [2.24, 2.45) is 0 Å². The summed E-state index contributed by atoms with van der Waals surface area (Å²) in [7, 11) is 0. The molecule has 11 nitrogen and oxygen atoms in total. The van der Waals surface area contributed by atoms with Crippen LogP contribution in [0.15, 0.2) is 108 Å². The number of benzene rings is 4. The van der Waals surface area contributed by atoms with Crippen molar-refractivity contribution >= 4 is 73.6 Å². The molecule has 1 heterocycles. The van der Waals surface area contributed by atoms with Crippen molar-refractivity contribution in [3.63, 3.8) is 0 Å². The number of non-ortho nitro benzene ring substituents is 1. The smallest absolute Gasteiger partial charge is 0.272 e. The van der Waals surface area contributed by atoms with Gasteiger partial charge in [-0.1, -0.05) is 29.5 Å². The van der Waals surface area contributed by atoms with E-state index in [0.717, 1.165) is 20.9 Å². The SMILES string of the molecule is CCOc1ccc2nc(NC(=O)C(C)Sc3ccc(NC(=O)/C(=C/c4ccc([N+](=O)[O-])cc4)NC(=O)c4ccccc4)cc3)sc2c1. The Morgan fingerprint density at radius 1 is 0.979 bits per heavy atom. The Labute approximate surface area is 278 Å². The molecule has 1 unspecified atom stereocenters. The second-order valence-electron chi connectivity index (χ2n) is 10.0. The van der Waals surface area contributed by atoms with Crippen molar-refractivity contribution < 1.29 is 24.0 Å². The Bertz CT molecular complexity index is 1940. The molecule has 238 valence electrons. The van der Waals surface area contributed by atoms with Crippen LogP contribution in [0.3, 0.4) is 0 Å². The van der Waals surface area contributed by atoms with Crippen molar-refractivity contribution in [2.45, 2.75) is 24.0 Å². The first-order valence-electron chi connectivity index (χ1n) is 14.4. The highest BCUT2D eigenvalue weighted by atomic mass is 32.2. The molecule has 0 fully saturated rings. The quantitative estimate of drug-likeness (QED) is 0.0550. The number of thioether (sulfide) groups is 1. The third-order valence-electron chi connectivity index (χ3n) is 6.64. The Kier molecular flexibility index (Phi) is 10.6. The molecule has 0 bridgehead atoms. The summed E-state index contributed by atoms with van der Waals surface area (Å²) < 4.78 is 6.45. The maximum Gasteiger partial charge on any atom is 0.272 e. The number of anilines is 2. The lowest BCUT2D eigenvalue weighted by molar-refractivity contribution is -0.384. The molecule has 5 aromatic rings. The Balaban J connectivity index is 1.23. The lowest BCUT2D eigenvalue weighted by Crippen LogP contribution is -2.30. The van der Waals surface area contributed by atoms with E-state index in [1.807, 2.05) is 25.1 Å². The zero-order chi connectivity index (χ0) is 33.3. The number of amides is 3. The van der Waals surface area contributed by atoms with E-state index in [0.29, 0.717) is 28.6 Å². The first-order chi connectivity index (χ1) is 22.7. The fraction of sp³-hybridized carbons (Fsp3) is 0.118. The van der Waals surface area contributed by atoms with Gasteiger partial charge in [0.2, 0.25) is 5.91 Å². The van der Waals surface area contributed by atoms with Crippen LogP contribution < -0.4 is 20.7 Å². The maximum absolute atomic E-state index is 13.3. The number of carbonyl (C=O) groups excluding carboxylic acids is 3. The van der Waals surface area contributed by atoms with Crippen LogP contribution in [0.25, 0.3) is 16.3 Å². The fourth-order valence-corrected chi connectivity index (χ4v) is 6.06. The van der Waals surface area contributed by atoms with Crippen LogP contribution in [0.4, 0.5) is 16.5 Å². The molecule has 1 atom stereocenters. The number of ether oxygens (including phenoxy) is 1. The normalized spacial score (nSPS) is 11.8. The largest absolute Gasteiger partial charge is 0.494 e. The van der Waals surface area contributed by atoms with E-state index in [4.69, 9.17) is 4.74 Å². The molecule has 0 aliphatic carbocycles. The molecular formula is C34H29N5O6S2. The number of rotatable bonds is 12. The molecule has 0 radical (unpaired) electrons. The van der Waals surface area contributed by atoms with Gasteiger partial charge in [-0.25, -0.2) is 4.98 Å². The summed E-state index contributed by atoms with van der Waals surface area (Å²) in [6.07, 6.45) is 1.44. The van der Waals surface area contributed by atoms with E-state index in [9.17, 15) is 24.5 Å². The number of nitro groups is 1. The van der Waals surface area contributed by atoms with Crippen molar-refractivity contribution in [1.82, 2.24) is 10.3 Å². The van der Waals surface area contributed by atoms with Crippen molar-refractivity contribution in [1.29, 1.82) is 0 Å². The molecule has 0 saturated carbocycles. The average molecular weight is 668 g/mol. The third-order valence-corrected chi connectivity index (χ3v) is 8.68. The fourth-order valence-electron chi connectivity index (χ4n) is 4.30. The van der Waals surface area contributed by atoms with E-state index in [2.05, 4.69) is 20.9 Å². The number of nitro benzene ring substituents is 1. The summed E-state index contributed by atoms with van der Waals surface area (Å²) in [5, 5.41) is 19.4. The minimum absolute atomic E-state index is 0.0552. The lowest BCUT2D eigenvalue weighted by atomic mass is 10.1. The molecule has 1 aromatic heterocycles. The number of hydrogen-bond acceptors (Lipinski definition) is 9. The zero-order valence-electron chi connectivity index (χ0n) is 25.3. The van der Waals surface area contributed by atoms with Gasteiger partial charge in [0.1, 0.15) is 11.4 Å². The highest BCUT2D eigenvalue weighted by molar-refractivity contribution is 8.00. The number of nitrogens with zero attached hydrogens (tertiary/aromatic N) is 2. The van der Waals surface area contributed by atoms with Crippen molar-refractivity contribution in [3.05, 3.63) is 124 Å². The zero-order valence-corrected chi connectivity index (χ0v) is 26.9. The van der Waals surface area contributed by atoms with E-state index in [1.54, 1.807) is 61.5 Å². The number of aromatic nitrogens is 1. The van der Waals surface area contributed by atoms with Crippen LogP contribution in [0.2, 0.25) is 0 Å². The molecule has 4 aromatic carbocycles. The standard InChI is InChI=1S/C34H29N5O6S2/c1-3-45-26-15-18-28-30(20-26)47-34(37-28)38-31(40)21(2)46-27-16-11-24(12-17-27)35-33(42)29(36-32(41)23-7-5-4-6-8-23)19-22-9-13-25(14-10-22)39(43)44/h4-21H,3H2,1-2H3,(H,35,42)(H,36,41)(H,37,38,40)/b29-19-. The van der Waals surface area contributed by atoms with Crippen LogP contribution in [-0.2, 0) is 9.59 Å². The predicted molar refractivity (Wildman–Crippen MR) is 185 cm³/mol. The van der Waals surface area contributed by atoms with Gasteiger partial charge in [0.15, 0.2) is 5.13 Å². The third kappa shape index (κ3) is 8.81. The number of nitrogens with one attached hydrogen (secondary N) is 3. The Morgan fingerprint density at radius 2 is 1.70 bits per heavy atom. The van der Waals surface area contributed by atoms with Gasteiger partial charge in [-0.15, -0.1) is 11.8 Å². The van der Waals surface area contributed by atoms with Crippen LogP contribution >= 0.6 is 23.1 Å². The summed E-state index contributed by atoms with van der Waals surface area (Å²) in [6.45, 7) is 4.27.